The quantitative estimate of drug-likeness (QED) is 0.825. The zero-order valence-electron chi connectivity index (χ0n) is 16.1. The molecule has 2 fully saturated rings. The number of rotatable bonds is 2. The van der Waals surface area contributed by atoms with E-state index in [2.05, 4.69) is 15.0 Å². The van der Waals surface area contributed by atoms with Crippen molar-refractivity contribution in [3.8, 4) is 0 Å². The molecule has 1 aromatic carbocycles. The van der Waals surface area contributed by atoms with E-state index in [1.807, 2.05) is 4.90 Å². The zero-order valence-corrected chi connectivity index (χ0v) is 16.1. The van der Waals surface area contributed by atoms with Crippen molar-refractivity contribution >= 4 is 23.5 Å². The Morgan fingerprint density at radius 2 is 1.90 bits per heavy atom. The average Bonchev–Trinajstić information content (AvgIpc) is 3.34. The van der Waals surface area contributed by atoms with Gasteiger partial charge in [0.05, 0.1) is 18.9 Å². The van der Waals surface area contributed by atoms with Crippen molar-refractivity contribution < 1.29 is 13.9 Å². The van der Waals surface area contributed by atoms with E-state index < -0.39 is 0 Å². The van der Waals surface area contributed by atoms with E-state index in [4.69, 9.17) is 10.5 Å². The highest BCUT2D eigenvalue weighted by molar-refractivity contribution is 6.05. The largest absolute Gasteiger partial charge is 0.378 e. The monoisotopic (exact) mass is 398 g/mol. The molecule has 2 N–H and O–H groups in total. The van der Waals surface area contributed by atoms with Crippen molar-refractivity contribution in [2.24, 2.45) is 0 Å². The molecule has 0 unspecified atom stereocenters. The molecule has 1 amide bonds. The van der Waals surface area contributed by atoms with Gasteiger partial charge in [-0.3, -0.25) is 4.79 Å². The summed E-state index contributed by atoms with van der Waals surface area (Å²) in [7, 11) is 0. The number of carbonyl (C=O) groups excluding carboxylic acids is 1. The van der Waals surface area contributed by atoms with E-state index in [9.17, 15) is 9.18 Å². The summed E-state index contributed by atoms with van der Waals surface area (Å²) in [5.74, 6) is -0.255. The summed E-state index contributed by atoms with van der Waals surface area (Å²) in [6, 6.07) is 4.92. The second kappa shape index (κ2) is 6.91. The topological polar surface area (TPSA) is 97.5 Å². The Kier molecular flexibility index (Phi) is 4.34. The number of nitrogens with zero attached hydrogens (tertiary/aromatic N) is 5. The van der Waals surface area contributed by atoms with E-state index in [1.54, 1.807) is 17.0 Å². The highest BCUT2D eigenvalue weighted by Gasteiger charge is 2.48. The molecule has 29 heavy (non-hydrogen) atoms. The fraction of sp³-hybridized carbons (Fsp3) is 0.500. The molecule has 2 aliphatic heterocycles. The number of halogens is 1. The minimum Gasteiger partial charge on any atom is -0.378 e. The van der Waals surface area contributed by atoms with Crippen LogP contribution in [0.3, 0.4) is 0 Å². The van der Waals surface area contributed by atoms with Crippen molar-refractivity contribution in [1.82, 2.24) is 15.0 Å². The summed E-state index contributed by atoms with van der Waals surface area (Å²) < 4.78 is 20.1. The number of benzene rings is 1. The Balaban J connectivity index is 1.52. The summed E-state index contributed by atoms with van der Waals surface area (Å²) in [6.45, 7) is 2.82. The number of nitrogen functional groups attached to an aromatic ring is 1. The maximum Gasteiger partial charge on any atom is 0.296 e. The summed E-state index contributed by atoms with van der Waals surface area (Å²) in [6.07, 6.45) is 3.83. The summed E-state index contributed by atoms with van der Waals surface area (Å²) in [5.41, 5.74) is 6.84. The van der Waals surface area contributed by atoms with Crippen molar-refractivity contribution in [2.75, 3.05) is 48.4 Å². The van der Waals surface area contributed by atoms with E-state index in [0.717, 1.165) is 25.7 Å². The number of morpholine rings is 1. The van der Waals surface area contributed by atoms with Gasteiger partial charge >= 0.3 is 0 Å². The number of nitrogens with two attached hydrogens (primary N) is 1. The normalized spacial score (nSPS) is 20.3. The first-order chi connectivity index (χ1) is 14.1. The predicted octanol–water partition coefficient (Wildman–Crippen LogP) is 1.90. The third kappa shape index (κ3) is 3.00. The molecular formula is C20H23FN6O2. The number of anilines is 3. The number of hydrogen-bond acceptors (Lipinski definition) is 7. The second-order valence-corrected chi connectivity index (χ2v) is 7.93. The Labute approximate surface area is 167 Å². The molecular weight excluding hydrogens is 375 g/mol. The lowest BCUT2D eigenvalue weighted by atomic mass is 9.80. The molecule has 0 bridgehead atoms. The van der Waals surface area contributed by atoms with Gasteiger partial charge in [-0.2, -0.15) is 15.0 Å². The molecule has 0 atom stereocenters. The van der Waals surface area contributed by atoms with Crippen LogP contribution in [0.1, 0.15) is 41.9 Å². The van der Waals surface area contributed by atoms with Crippen LogP contribution < -0.4 is 15.5 Å². The van der Waals surface area contributed by atoms with Gasteiger partial charge in [0.15, 0.2) is 0 Å². The van der Waals surface area contributed by atoms with Crippen molar-refractivity contribution in [3.05, 3.63) is 35.4 Å². The van der Waals surface area contributed by atoms with Gasteiger partial charge in [-0.1, -0.05) is 18.9 Å². The second-order valence-electron chi connectivity index (χ2n) is 7.93. The van der Waals surface area contributed by atoms with Gasteiger partial charge in [-0.25, -0.2) is 4.39 Å². The molecule has 0 radical (unpaired) electrons. The van der Waals surface area contributed by atoms with Gasteiger partial charge in [0.1, 0.15) is 5.82 Å². The molecule has 3 heterocycles. The Morgan fingerprint density at radius 3 is 2.66 bits per heavy atom. The van der Waals surface area contributed by atoms with Gasteiger partial charge in [0.25, 0.3) is 5.91 Å². The summed E-state index contributed by atoms with van der Waals surface area (Å²) in [5, 5.41) is 0. The van der Waals surface area contributed by atoms with Crippen LogP contribution in [0.4, 0.5) is 22.0 Å². The molecule has 8 nitrogen and oxygen atoms in total. The molecule has 1 aromatic heterocycles. The molecule has 5 rings (SSSR count). The van der Waals surface area contributed by atoms with Crippen molar-refractivity contribution in [1.29, 1.82) is 0 Å². The van der Waals surface area contributed by atoms with Crippen LogP contribution in [0.15, 0.2) is 18.2 Å². The average molecular weight is 398 g/mol. The van der Waals surface area contributed by atoms with Gasteiger partial charge in [-0.15, -0.1) is 0 Å². The van der Waals surface area contributed by atoms with Crippen molar-refractivity contribution in [3.63, 3.8) is 0 Å². The van der Waals surface area contributed by atoms with Gasteiger partial charge in [0, 0.05) is 30.6 Å². The van der Waals surface area contributed by atoms with Crippen LogP contribution in [0, 0.1) is 5.82 Å². The van der Waals surface area contributed by atoms with Crippen LogP contribution in [0.2, 0.25) is 0 Å². The van der Waals surface area contributed by atoms with Crippen molar-refractivity contribution in [2.45, 2.75) is 31.1 Å². The van der Waals surface area contributed by atoms with Crippen LogP contribution in [0.25, 0.3) is 0 Å². The maximum absolute atomic E-state index is 14.8. The lowest BCUT2D eigenvalue weighted by molar-refractivity contribution is 0.0974. The number of hydrogen-bond donors (Lipinski definition) is 1. The molecule has 9 heteroatoms. The lowest BCUT2D eigenvalue weighted by Crippen LogP contribution is -2.39. The third-order valence-electron chi connectivity index (χ3n) is 6.21. The molecule has 1 saturated carbocycles. The number of ether oxygens (including phenoxy) is 1. The van der Waals surface area contributed by atoms with E-state index in [0.29, 0.717) is 50.0 Å². The van der Waals surface area contributed by atoms with E-state index in [1.165, 1.54) is 6.07 Å². The van der Waals surface area contributed by atoms with Gasteiger partial charge in [-0.05, 0) is 25.0 Å². The molecule has 2 aromatic rings. The Hall–Kier alpha value is -2.81. The SMILES string of the molecule is Nc1nc(C(=O)N2CC3(CCCC3)c3c(F)cccc32)nc(N2CCOCC2)n1. The van der Waals surface area contributed by atoms with Crippen LogP contribution >= 0.6 is 0 Å². The number of fused-ring (bicyclic) bond motifs is 2. The fourth-order valence-corrected chi connectivity index (χ4v) is 4.87. The van der Waals surface area contributed by atoms with Gasteiger partial charge in [0.2, 0.25) is 17.7 Å². The molecule has 152 valence electrons. The van der Waals surface area contributed by atoms with E-state index in [-0.39, 0.29) is 28.9 Å². The summed E-state index contributed by atoms with van der Waals surface area (Å²) in [4.78, 5) is 29.6. The Bertz CT molecular complexity index is 956. The molecule has 1 saturated heterocycles. The molecule has 1 spiro atoms. The van der Waals surface area contributed by atoms with Gasteiger partial charge < -0.3 is 20.3 Å². The molecule has 1 aliphatic carbocycles. The Morgan fingerprint density at radius 1 is 1.14 bits per heavy atom. The zero-order chi connectivity index (χ0) is 20.0. The first-order valence-corrected chi connectivity index (χ1v) is 10.0. The fourth-order valence-electron chi connectivity index (χ4n) is 4.87. The van der Waals surface area contributed by atoms with E-state index >= 15 is 0 Å². The lowest BCUT2D eigenvalue weighted by Gasteiger charge is -2.27. The number of carbonyl (C=O) groups is 1. The van der Waals surface area contributed by atoms with Crippen LogP contribution in [0.5, 0.6) is 0 Å². The smallest absolute Gasteiger partial charge is 0.296 e. The highest BCUT2D eigenvalue weighted by atomic mass is 19.1. The highest BCUT2D eigenvalue weighted by Crippen LogP contribution is 2.51. The number of amides is 1. The minimum atomic E-state index is -0.371. The third-order valence-corrected chi connectivity index (χ3v) is 6.21. The van der Waals surface area contributed by atoms with Crippen LogP contribution in [-0.4, -0.2) is 53.7 Å². The number of aromatic nitrogens is 3. The standard InChI is InChI=1S/C20H23FN6O2/c21-13-4-3-5-14-15(13)20(6-1-2-7-20)12-27(14)17(28)16-23-18(22)25-19(24-16)26-8-10-29-11-9-26/h3-5H,1-2,6-12H2,(H2,22,23,24,25). The predicted molar refractivity (Wildman–Crippen MR) is 105 cm³/mol. The van der Waals surface area contributed by atoms with Crippen LogP contribution in [-0.2, 0) is 10.2 Å². The first-order valence-electron chi connectivity index (χ1n) is 10.0. The summed E-state index contributed by atoms with van der Waals surface area (Å²) >= 11 is 0. The first kappa shape index (κ1) is 18.2. The molecule has 3 aliphatic rings. The minimum absolute atomic E-state index is 0.000848. The maximum atomic E-state index is 14.8.